The van der Waals surface area contributed by atoms with Gasteiger partial charge in [0.2, 0.25) is 0 Å². The molecule has 2 aliphatic heterocycles. The number of aromatic nitrogens is 3. The second kappa shape index (κ2) is 5.52. The number of hydrogen-bond donors (Lipinski definition) is 1. The maximum absolute atomic E-state index is 6.16. The van der Waals surface area contributed by atoms with Gasteiger partial charge in [-0.05, 0) is 25.5 Å². The van der Waals surface area contributed by atoms with E-state index in [9.17, 15) is 0 Å². The Morgan fingerprint density at radius 1 is 1.32 bits per heavy atom. The third kappa shape index (κ3) is 2.57. The number of aryl methyl sites for hydroxylation is 2. The van der Waals surface area contributed by atoms with E-state index >= 15 is 0 Å². The zero-order valence-electron chi connectivity index (χ0n) is 13.1. The van der Waals surface area contributed by atoms with Gasteiger partial charge in [-0.3, -0.25) is 10.00 Å². The lowest BCUT2D eigenvalue weighted by Crippen LogP contribution is -2.23. The third-order valence-corrected chi connectivity index (χ3v) is 4.66. The molecule has 0 aliphatic carbocycles. The van der Waals surface area contributed by atoms with E-state index < -0.39 is 0 Å². The molecule has 0 saturated carbocycles. The normalized spacial score (nSPS) is 28.4. The first-order chi connectivity index (χ1) is 10.7. The minimum atomic E-state index is 0.0532. The molecule has 2 fully saturated rings. The molecular weight excluding hydrogens is 280 g/mol. The first-order valence-corrected chi connectivity index (χ1v) is 8.05. The number of hydrogen-bond acceptors (Lipinski definition) is 5. The summed E-state index contributed by atoms with van der Waals surface area (Å²) in [5.74, 6) is 4.34. The number of likely N-dealkylation sites (tertiary alicyclic amines) is 1. The molecule has 0 unspecified atom stereocenters. The van der Waals surface area contributed by atoms with Crippen LogP contribution in [0.15, 0.2) is 16.5 Å². The quantitative estimate of drug-likeness (QED) is 0.938. The topological polar surface area (TPSA) is 67.2 Å². The molecule has 3 atom stereocenters. The number of aromatic amines is 1. The lowest BCUT2D eigenvalue weighted by molar-refractivity contribution is 0.0321. The van der Waals surface area contributed by atoms with Crippen LogP contribution in [0.25, 0.3) is 0 Å². The minimum Gasteiger partial charge on any atom is -0.465 e. The van der Waals surface area contributed by atoms with Gasteiger partial charge in [0.15, 0.2) is 5.82 Å². The molecule has 0 radical (unpaired) electrons. The SMILES string of the molecule is CCc1ccc(CN2C[C@@H]3C[C@@H](c4n[nH]c(C)n4)O[C@@H]3C2)o1. The minimum absolute atomic E-state index is 0.0532. The molecule has 4 rings (SSSR count). The van der Waals surface area contributed by atoms with Crippen LogP contribution in [0.2, 0.25) is 0 Å². The Kier molecular flexibility index (Phi) is 3.50. The summed E-state index contributed by atoms with van der Waals surface area (Å²) in [4.78, 5) is 6.82. The molecule has 6 heteroatoms. The van der Waals surface area contributed by atoms with E-state index in [1.54, 1.807) is 0 Å². The van der Waals surface area contributed by atoms with Crippen LogP contribution in [0, 0.1) is 12.8 Å². The van der Waals surface area contributed by atoms with Gasteiger partial charge in [-0.1, -0.05) is 6.92 Å². The molecule has 6 nitrogen and oxygen atoms in total. The first-order valence-electron chi connectivity index (χ1n) is 8.05. The van der Waals surface area contributed by atoms with E-state index in [1.165, 1.54) is 0 Å². The van der Waals surface area contributed by atoms with Crippen LogP contribution >= 0.6 is 0 Å². The largest absolute Gasteiger partial charge is 0.465 e. The predicted octanol–water partition coefficient (Wildman–Crippen LogP) is 2.23. The molecule has 2 aliphatic rings. The summed E-state index contributed by atoms with van der Waals surface area (Å²) in [6.07, 6.45) is 2.31. The zero-order chi connectivity index (χ0) is 15.1. The lowest BCUT2D eigenvalue weighted by atomic mass is 10.0. The summed E-state index contributed by atoms with van der Waals surface area (Å²) in [6.45, 7) is 6.93. The Hall–Kier alpha value is -1.66. The van der Waals surface area contributed by atoms with Crippen LogP contribution in [0.5, 0.6) is 0 Å². The van der Waals surface area contributed by atoms with Gasteiger partial charge in [-0.15, -0.1) is 0 Å². The number of fused-ring (bicyclic) bond motifs is 1. The van der Waals surface area contributed by atoms with E-state index in [2.05, 4.69) is 39.1 Å². The van der Waals surface area contributed by atoms with Crippen molar-refractivity contribution >= 4 is 0 Å². The van der Waals surface area contributed by atoms with Crippen LogP contribution < -0.4 is 0 Å². The molecule has 118 valence electrons. The van der Waals surface area contributed by atoms with Crippen molar-refractivity contribution in [3.05, 3.63) is 35.3 Å². The van der Waals surface area contributed by atoms with Crippen molar-refractivity contribution in [2.45, 2.75) is 45.4 Å². The molecule has 0 bridgehead atoms. The van der Waals surface area contributed by atoms with E-state index in [0.717, 1.165) is 55.6 Å². The summed E-state index contributed by atoms with van der Waals surface area (Å²) in [5, 5.41) is 7.13. The lowest BCUT2D eigenvalue weighted by Gasteiger charge is -2.16. The average molecular weight is 302 g/mol. The second-order valence-electron chi connectivity index (χ2n) is 6.35. The van der Waals surface area contributed by atoms with Gasteiger partial charge in [0.1, 0.15) is 23.4 Å². The summed E-state index contributed by atoms with van der Waals surface area (Å²) >= 11 is 0. The van der Waals surface area contributed by atoms with Crippen molar-refractivity contribution in [3.8, 4) is 0 Å². The van der Waals surface area contributed by atoms with Crippen molar-refractivity contribution in [2.75, 3.05) is 13.1 Å². The van der Waals surface area contributed by atoms with Gasteiger partial charge in [-0.2, -0.15) is 5.10 Å². The fraction of sp³-hybridized carbons (Fsp3) is 0.625. The zero-order valence-corrected chi connectivity index (χ0v) is 13.1. The molecule has 2 aromatic heterocycles. The molecule has 2 aromatic rings. The van der Waals surface area contributed by atoms with Gasteiger partial charge in [0, 0.05) is 25.4 Å². The first kappa shape index (κ1) is 14.0. The molecule has 1 N–H and O–H groups in total. The molecular formula is C16H22N4O2. The third-order valence-electron chi connectivity index (χ3n) is 4.66. The van der Waals surface area contributed by atoms with E-state index in [-0.39, 0.29) is 6.10 Å². The maximum atomic E-state index is 6.16. The number of ether oxygens (including phenoxy) is 1. The highest BCUT2D eigenvalue weighted by molar-refractivity contribution is 5.08. The van der Waals surface area contributed by atoms with Gasteiger partial charge in [0.05, 0.1) is 12.6 Å². The van der Waals surface area contributed by atoms with Crippen LogP contribution in [0.1, 0.15) is 42.6 Å². The predicted molar refractivity (Wildman–Crippen MR) is 80.2 cm³/mol. The highest BCUT2D eigenvalue weighted by Gasteiger charge is 2.43. The smallest absolute Gasteiger partial charge is 0.179 e. The maximum Gasteiger partial charge on any atom is 0.179 e. The van der Waals surface area contributed by atoms with Crippen LogP contribution in [0.3, 0.4) is 0 Å². The number of furan rings is 1. The summed E-state index contributed by atoms with van der Waals surface area (Å²) < 4.78 is 12.0. The molecule has 0 aromatic carbocycles. The standard InChI is InChI=1S/C16H22N4O2/c1-3-12-4-5-13(21-12)8-20-7-11-6-14(22-15(11)9-20)16-17-10(2)18-19-16/h4-5,11,14-15H,3,6-9H2,1-2H3,(H,17,18,19)/t11-,14-,15+/m0/s1. The number of nitrogens with one attached hydrogen (secondary N) is 1. The number of nitrogens with zero attached hydrogens (tertiary/aromatic N) is 3. The van der Waals surface area contributed by atoms with Crippen molar-refractivity contribution in [1.82, 2.24) is 20.1 Å². The Morgan fingerprint density at radius 2 is 2.18 bits per heavy atom. The summed E-state index contributed by atoms with van der Waals surface area (Å²) in [7, 11) is 0. The van der Waals surface area contributed by atoms with Crippen LogP contribution in [-0.2, 0) is 17.7 Å². The average Bonchev–Trinajstić information content (AvgIpc) is 3.21. The van der Waals surface area contributed by atoms with Crippen LogP contribution in [0.4, 0.5) is 0 Å². The van der Waals surface area contributed by atoms with E-state index in [4.69, 9.17) is 9.15 Å². The highest BCUT2D eigenvalue weighted by Crippen LogP contribution is 2.40. The fourth-order valence-electron chi connectivity index (χ4n) is 3.57. The Morgan fingerprint density at radius 3 is 2.86 bits per heavy atom. The number of H-pyrrole nitrogens is 1. The Bertz CT molecular complexity index is 636. The summed E-state index contributed by atoms with van der Waals surface area (Å²) in [6, 6.07) is 4.16. The van der Waals surface area contributed by atoms with Gasteiger partial charge in [-0.25, -0.2) is 4.98 Å². The van der Waals surface area contributed by atoms with Gasteiger partial charge >= 0.3 is 0 Å². The highest BCUT2D eigenvalue weighted by atomic mass is 16.5. The van der Waals surface area contributed by atoms with Crippen molar-refractivity contribution < 1.29 is 9.15 Å². The van der Waals surface area contributed by atoms with Gasteiger partial charge < -0.3 is 9.15 Å². The molecule has 4 heterocycles. The summed E-state index contributed by atoms with van der Waals surface area (Å²) in [5.41, 5.74) is 0. The Balaban J connectivity index is 1.35. The molecule has 0 amide bonds. The Labute approximate surface area is 129 Å². The van der Waals surface area contributed by atoms with Gasteiger partial charge in [0.25, 0.3) is 0 Å². The fourth-order valence-corrected chi connectivity index (χ4v) is 3.57. The molecule has 2 saturated heterocycles. The van der Waals surface area contributed by atoms with Crippen LogP contribution in [-0.4, -0.2) is 39.3 Å². The van der Waals surface area contributed by atoms with Crippen molar-refractivity contribution in [3.63, 3.8) is 0 Å². The second-order valence-corrected chi connectivity index (χ2v) is 6.35. The number of rotatable bonds is 4. The van der Waals surface area contributed by atoms with Crippen molar-refractivity contribution in [1.29, 1.82) is 0 Å². The monoisotopic (exact) mass is 302 g/mol. The molecule has 0 spiro atoms. The van der Waals surface area contributed by atoms with E-state index in [1.807, 2.05) is 6.92 Å². The van der Waals surface area contributed by atoms with E-state index in [0.29, 0.717) is 12.0 Å². The van der Waals surface area contributed by atoms with Crippen molar-refractivity contribution in [2.24, 2.45) is 5.92 Å². The molecule has 22 heavy (non-hydrogen) atoms.